The number of benzene rings is 2. The first-order valence-electron chi connectivity index (χ1n) is 8.74. The minimum atomic E-state index is -0.0650. The summed E-state index contributed by atoms with van der Waals surface area (Å²) in [6.45, 7) is 5.25. The molecule has 1 fully saturated rings. The molecule has 0 amide bonds. The molecule has 0 unspecified atom stereocenters. The predicted octanol–water partition coefficient (Wildman–Crippen LogP) is 3.71. The van der Waals surface area contributed by atoms with Crippen LogP contribution in [0.2, 0.25) is 0 Å². The minimum Gasteiger partial charge on any atom is -0.508 e. The van der Waals surface area contributed by atoms with Crippen LogP contribution in [0.1, 0.15) is 31.7 Å². The van der Waals surface area contributed by atoms with Crippen LogP contribution in [0.15, 0.2) is 36.4 Å². The number of phenols is 1. The molecular formula is C20H25NO3. The highest BCUT2D eigenvalue weighted by atomic mass is 16.5. The number of ether oxygens (including phenoxy) is 1. The fourth-order valence-corrected chi connectivity index (χ4v) is 3.52. The van der Waals surface area contributed by atoms with Crippen molar-refractivity contribution in [2.45, 2.75) is 32.7 Å². The Morgan fingerprint density at radius 1 is 1.25 bits per heavy atom. The van der Waals surface area contributed by atoms with E-state index in [-0.39, 0.29) is 5.97 Å². The van der Waals surface area contributed by atoms with Gasteiger partial charge < -0.3 is 9.84 Å². The van der Waals surface area contributed by atoms with E-state index in [0.29, 0.717) is 24.7 Å². The van der Waals surface area contributed by atoms with Gasteiger partial charge in [0.15, 0.2) is 0 Å². The summed E-state index contributed by atoms with van der Waals surface area (Å²) in [6, 6.07) is 11.8. The molecule has 1 heterocycles. The molecule has 0 bridgehead atoms. The fourth-order valence-electron chi connectivity index (χ4n) is 3.52. The minimum absolute atomic E-state index is 0.0650. The summed E-state index contributed by atoms with van der Waals surface area (Å²) >= 11 is 0. The van der Waals surface area contributed by atoms with Gasteiger partial charge in [-0.25, -0.2) is 0 Å². The number of fused-ring (bicyclic) bond motifs is 1. The molecule has 2 aromatic rings. The Balaban J connectivity index is 1.59. The van der Waals surface area contributed by atoms with Gasteiger partial charge in [-0.15, -0.1) is 0 Å². The van der Waals surface area contributed by atoms with Gasteiger partial charge in [0.1, 0.15) is 5.75 Å². The van der Waals surface area contributed by atoms with Crippen molar-refractivity contribution in [3.05, 3.63) is 42.0 Å². The molecule has 0 aliphatic carbocycles. The number of hydrogen-bond acceptors (Lipinski definition) is 4. The monoisotopic (exact) mass is 327 g/mol. The van der Waals surface area contributed by atoms with Gasteiger partial charge in [0.05, 0.1) is 6.61 Å². The first-order chi connectivity index (χ1) is 11.7. The van der Waals surface area contributed by atoms with Crippen molar-refractivity contribution in [1.29, 1.82) is 0 Å². The highest BCUT2D eigenvalue weighted by molar-refractivity contribution is 5.86. The van der Waals surface area contributed by atoms with Crippen LogP contribution in [0.25, 0.3) is 10.8 Å². The molecule has 0 radical (unpaired) electrons. The summed E-state index contributed by atoms with van der Waals surface area (Å²) in [6.07, 6.45) is 2.64. The van der Waals surface area contributed by atoms with Gasteiger partial charge in [0.25, 0.3) is 0 Å². The number of aromatic hydroxyl groups is 1. The second kappa shape index (κ2) is 7.67. The summed E-state index contributed by atoms with van der Waals surface area (Å²) in [5.74, 6) is 0.689. The lowest BCUT2D eigenvalue weighted by Crippen LogP contribution is -2.34. The third-order valence-electron chi connectivity index (χ3n) is 4.82. The van der Waals surface area contributed by atoms with Gasteiger partial charge in [-0.3, -0.25) is 9.69 Å². The number of hydrogen-bond donors (Lipinski definition) is 1. The molecule has 4 heteroatoms. The molecule has 1 aliphatic heterocycles. The maximum Gasteiger partial charge on any atom is 0.306 e. The average molecular weight is 327 g/mol. The van der Waals surface area contributed by atoms with E-state index in [2.05, 4.69) is 11.0 Å². The van der Waals surface area contributed by atoms with Gasteiger partial charge >= 0.3 is 5.97 Å². The molecule has 0 saturated carbocycles. The van der Waals surface area contributed by atoms with Crippen LogP contribution < -0.4 is 0 Å². The van der Waals surface area contributed by atoms with Crippen LogP contribution in [0.4, 0.5) is 0 Å². The Morgan fingerprint density at radius 3 is 2.79 bits per heavy atom. The van der Waals surface area contributed by atoms with E-state index in [1.165, 1.54) is 10.9 Å². The van der Waals surface area contributed by atoms with Gasteiger partial charge in [0, 0.05) is 13.0 Å². The molecule has 0 atom stereocenters. The molecule has 0 aromatic heterocycles. The van der Waals surface area contributed by atoms with Gasteiger partial charge in [-0.1, -0.05) is 24.3 Å². The van der Waals surface area contributed by atoms with Gasteiger partial charge in [-0.05, 0) is 67.2 Å². The second-order valence-corrected chi connectivity index (χ2v) is 6.55. The van der Waals surface area contributed by atoms with E-state index in [4.69, 9.17) is 4.74 Å². The zero-order valence-electron chi connectivity index (χ0n) is 14.2. The van der Waals surface area contributed by atoms with Crippen molar-refractivity contribution >= 4 is 16.7 Å². The lowest BCUT2D eigenvalue weighted by Gasteiger charge is -2.31. The average Bonchev–Trinajstić information content (AvgIpc) is 2.57. The standard InChI is InChI=1S/C20H25NO3/c1-2-24-20(23)12-15-8-10-21(11-9-15)14-17-5-3-4-16-13-18(22)6-7-19(16)17/h3-7,13,15,22H,2,8-12,14H2,1H3. The number of carbonyl (C=O) groups excluding carboxylic acids is 1. The normalized spacial score (nSPS) is 16.4. The Hall–Kier alpha value is -2.07. The highest BCUT2D eigenvalue weighted by Gasteiger charge is 2.22. The molecule has 3 rings (SSSR count). The number of phenolic OH excluding ortho intramolecular Hbond substituents is 1. The summed E-state index contributed by atoms with van der Waals surface area (Å²) in [4.78, 5) is 14.0. The molecule has 1 saturated heterocycles. The van der Waals surface area contributed by atoms with Crippen LogP contribution >= 0.6 is 0 Å². The van der Waals surface area contributed by atoms with Crippen LogP contribution in [0.3, 0.4) is 0 Å². The third kappa shape index (κ3) is 4.06. The topological polar surface area (TPSA) is 49.8 Å². The number of likely N-dealkylation sites (tertiary alicyclic amines) is 1. The number of rotatable bonds is 5. The molecule has 1 N–H and O–H groups in total. The molecule has 128 valence electrons. The number of piperidine rings is 1. The number of nitrogens with zero attached hydrogens (tertiary/aromatic N) is 1. The van der Waals surface area contributed by atoms with Crippen LogP contribution in [0, 0.1) is 5.92 Å². The quantitative estimate of drug-likeness (QED) is 0.851. The molecular weight excluding hydrogens is 302 g/mol. The Labute approximate surface area is 143 Å². The second-order valence-electron chi connectivity index (χ2n) is 6.55. The van der Waals surface area contributed by atoms with Crippen molar-refractivity contribution in [2.24, 2.45) is 5.92 Å². The SMILES string of the molecule is CCOC(=O)CC1CCN(Cc2cccc3cc(O)ccc23)CC1. The zero-order chi connectivity index (χ0) is 16.9. The maximum atomic E-state index is 11.6. The van der Waals surface area contributed by atoms with Crippen LogP contribution in [-0.4, -0.2) is 35.7 Å². The summed E-state index contributed by atoms with van der Waals surface area (Å²) < 4.78 is 5.05. The lowest BCUT2D eigenvalue weighted by molar-refractivity contribution is -0.144. The predicted molar refractivity (Wildman–Crippen MR) is 94.9 cm³/mol. The van der Waals surface area contributed by atoms with Crippen molar-refractivity contribution in [2.75, 3.05) is 19.7 Å². The third-order valence-corrected chi connectivity index (χ3v) is 4.82. The number of carbonyl (C=O) groups is 1. The Bertz CT molecular complexity index is 705. The number of esters is 1. The molecule has 4 nitrogen and oxygen atoms in total. The van der Waals surface area contributed by atoms with Crippen LogP contribution in [-0.2, 0) is 16.1 Å². The van der Waals surface area contributed by atoms with E-state index in [1.807, 2.05) is 31.2 Å². The summed E-state index contributed by atoms with van der Waals surface area (Å²) in [5, 5.41) is 11.9. The lowest BCUT2D eigenvalue weighted by atomic mass is 9.93. The van der Waals surface area contributed by atoms with Crippen molar-refractivity contribution in [1.82, 2.24) is 4.90 Å². The largest absolute Gasteiger partial charge is 0.508 e. The van der Waals surface area contributed by atoms with Crippen LogP contribution in [0.5, 0.6) is 5.75 Å². The smallest absolute Gasteiger partial charge is 0.306 e. The molecule has 1 aliphatic rings. The van der Waals surface area contributed by atoms with Gasteiger partial charge in [0.2, 0.25) is 0 Å². The maximum absolute atomic E-state index is 11.6. The van der Waals surface area contributed by atoms with E-state index in [9.17, 15) is 9.90 Å². The summed E-state index contributed by atoms with van der Waals surface area (Å²) in [7, 11) is 0. The van der Waals surface area contributed by atoms with E-state index in [1.54, 1.807) is 6.07 Å². The fraction of sp³-hybridized carbons (Fsp3) is 0.450. The molecule has 24 heavy (non-hydrogen) atoms. The summed E-state index contributed by atoms with van der Waals surface area (Å²) in [5.41, 5.74) is 1.29. The Morgan fingerprint density at radius 2 is 2.04 bits per heavy atom. The molecule has 2 aromatic carbocycles. The van der Waals surface area contributed by atoms with Crippen molar-refractivity contribution in [3.63, 3.8) is 0 Å². The highest BCUT2D eigenvalue weighted by Crippen LogP contribution is 2.26. The van der Waals surface area contributed by atoms with E-state index in [0.717, 1.165) is 37.9 Å². The molecule has 0 spiro atoms. The first-order valence-corrected chi connectivity index (χ1v) is 8.74. The Kier molecular flexibility index (Phi) is 5.36. The first kappa shape index (κ1) is 16.8. The van der Waals surface area contributed by atoms with Crippen molar-refractivity contribution in [3.8, 4) is 5.75 Å². The van der Waals surface area contributed by atoms with E-state index >= 15 is 0 Å². The zero-order valence-corrected chi connectivity index (χ0v) is 14.2. The van der Waals surface area contributed by atoms with Crippen molar-refractivity contribution < 1.29 is 14.6 Å². The van der Waals surface area contributed by atoms with Gasteiger partial charge in [-0.2, -0.15) is 0 Å². The van der Waals surface area contributed by atoms with E-state index < -0.39 is 0 Å².